The molecule has 3 fully saturated rings. The summed E-state index contributed by atoms with van der Waals surface area (Å²) in [4.78, 5) is 11.7. The molecule has 0 spiro atoms. The van der Waals surface area contributed by atoms with Gasteiger partial charge < -0.3 is 0 Å². The average Bonchev–Trinajstić information content (AvgIpc) is 2.83. The second kappa shape index (κ2) is 4.83. The van der Waals surface area contributed by atoms with Gasteiger partial charge in [0.2, 0.25) is 0 Å². The molecule has 1 heteroatoms. The van der Waals surface area contributed by atoms with Crippen LogP contribution < -0.4 is 0 Å². The van der Waals surface area contributed by atoms with Gasteiger partial charge in [0, 0.05) is 6.42 Å². The van der Waals surface area contributed by atoms with Crippen molar-refractivity contribution in [2.75, 3.05) is 0 Å². The maximum absolute atomic E-state index is 11.7. The zero-order valence-corrected chi connectivity index (χ0v) is 13.3. The van der Waals surface area contributed by atoms with Crippen molar-refractivity contribution in [1.82, 2.24) is 0 Å². The molecule has 6 atom stereocenters. The molecule has 0 aromatic heterocycles. The largest absolute Gasteiger partial charge is 0.295 e. The van der Waals surface area contributed by atoms with Crippen LogP contribution in [0.5, 0.6) is 0 Å². The fourth-order valence-corrected chi connectivity index (χ4v) is 6.61. The third-order valence-electron chi connectivity index (χ3n) is 7.66. The molecule has 0 aromatic rings. The van der Waals surface area contributed by atoms with Crippen LogP contribution in [0.1, 0.15) is 58.3 Å². The van der Waals surface area contributed by atoms with E-state index < -0.39 is 0 Å². The number of carbonyl (C=O) groups excluding carboxylic acids is 1. The molecule has 0 bridgehead atoms. The number of carbonyl (C=O) groups is 1. The predicted octanol–water partition coefficient (Wildman–Crippen LogP) is 4.93. The highest BCUT2D eigenvalue weighted by Gasteiger charge is 2.55. The molecule has 0 aliphatic heterocycles. The van der Waals surface area contributed by atoms with Crippen molar-refractivity contribution in [2.45, 2.75) is 58.3 Å². The first-order valence-corrected chi connectivity index (χ1v) is 8.99. The van der Waals surface area contributed by atoms with Crippen LogP contribution in [0.25, 0.3) is 0 Å². The van der Waals surface area contributed by atoms with E-state index in [1.165, 1.54) is 44.1 Å². The number of ketones is 1. The van der Waals surface area contributed by atoms with Crippen molar-refractivity contribution in [3.8, 4) is 0 Å². The second-order valence-electron chi connectivity index (χ2n) is 8.27. The molecule has 4 aliphatic carbocycles. The molecule has 0 amide bonds. The lowest BCUT2D eigenvalue weighted by Gasteiger charge is -2.53. The van der Waals surface area contributed by atoms with E-state index in [2.05, 4.69) is 19.6 Å². The van der Waals surface area contributed by atoms with Crippen LogP contribution in [-0.4, -0.2) is 5.78 Å². The first kappa shape index (κ1) is 13.8. The van der Waals surface area contributed by atoms with E-state index in [4.69, 9.17) is 0 Å². The molecule has 1 nitrogen and oxygen atoms in total. The number of hydrogen-bond donors (Lipinski definition) is 0. The maximum atomic E-state index is 11.7. The number of allylic oxidation sites excluding steroid dienone is 2. The molecule has 6 unspecified atom stereocenters. The van der Waals surface area contributed by atoms with E-state index in [1.807, 2.05) is 6.08 Å². The lowest BCUT2D eigenvalue weighted by atomic mass is 9.51. The van der Waals surface area contributed by atoms with Gasteiger partial charge in [-0.05, 0) is 86.0 Å². The van der Waals surface area contributed by atoms with Crippen LogP contribution in [0, 0.1) is 35.0 Å². The van der Waals surface area contributed by atoms with E-state index in [0.717, 1.165) is 42.4 Å². The van der Waals surface area contributed by atoms with Gasteiger partial charge >= 0.3 is 0 Å². The Labute approximate surface area is 128 Å². The standard InChI is InChI=1S/C20H28O/c1-3-14-5-9-19-18-7-4-13-12-15(21)6-8-16(13)17(18)10-11-20(14,19)2/h3,12,14,16-19H,1,4-11H2,2H3. The summed E-state index contributed by atoms with van der Waals surface area (Å²) in [6, 6.07) is 0. The summed E-state index contributed by atoms with van der Waals surface area (Å²) in [5.74, 6) is 4.58. The molecule has 0 aromatic carbocycles. The summed E-state index contributed by atoms with van der Waals surface area (Å²) < 4.78 is 0. The first-order chi connectivity index (χ1) is 10.1. The molecule has 0 heterocycles. The summed E-state index contributed by atoms with van der Waals surface area (Å²) in [6.45, 7) is 6.65. The van der Waals surface area contributed by atoms with Crippen molar-refractivity contribution in [3.05, 3.63) is 24.3 Å². The third kappa shape index (κ3) is 1.92. The van der Waals surface area contributed by atoms with Crippen LogP contribution in [0.4, 0.5) is 0 Å². The highest BCUT2D eigenvalue weighted by Crippen LogP contribution is 2.63. The van der Waals surface area contributed by atoms with Gasteiger partial charge in [0.15, 0.2) is 5.78 Å². The van der Waals surface area contributed by atoms with Crippen molar-refractivity contribution in [1.29, 1.82) is 0 Å². The fourth-order valence-electron chi connectivity index (χ4n) is 6.61. The Kier molecular flexibility index (Phi) is 3.17. The minimum Gasteiger partial charge on any atom is -0.295 e. The van der Waals surface area contributed by atoms with Gasteiger partial charge in [-0.15, -0.1) is 6.58 Å². The quantitative estimate of drug-likeness (QED) is 0.624. The van der Waals surface area contributed by atoms with Crippen LogP contribution in [0.3, 0.4) is 0 Å². The van der Waals surface area contributed by atoms with Crippen molar-refractivity contribution in [2.24, 2.45) is 35.0 Å². The summed E-state index contributed by atoms with van der Waals surface area (Å²) in [6.07, 6.45) is 14.3. The van der Waals surface area contributed by atoms with Gasteiger partial charge in [-0.1, -0.05) is 18.6 Å². The molecule has 4 rings (SSSR count). The smallest absolute Gasteiger partial charge is 0.155 e. The van der Waals surface area contributed by atoms with E-state index in [9.17, 15) is 4.79 Å². The lowest BCUT2D eigenvalue weighted by Crippen LogP contribution is -2.46. The molecule has 21 heavy (non-hydrogen) atoms. The van der Waals surface area contributed by atoms with Crippen molar-refractivity contribution in [3.63, 3.8) is 0 Å². The van der Waals surface area contributed by atoms with Gasteiger partial charge in [0.1, 0.15) is 0 Å². The van der Waals surface area contributed by atoms with Gasteiger partial charge in [-0.3, -0.25) is 4.79 Å². The monoisotopic (exact) mass is 284 g/mol. The molecule has 3 saturated carbocycles. The topological polar surface area (TPSA) is 17.1 Å². The van der Waals surface area contributed by atoms with E-state index in [1.54, 1.807) is 0 Å². The molecular formula is C20H28O. The highest BCUT2D eigenvalue weighted by molar-refractivity contribution is 5.91. The van der Waals surface area contributed by atoms with Gasteiger partial charge in [0.05, 0.1) is 0 Å². The van der Waals surface area contributed by atoms with Crippen molar-refractivity contribution >= 4 is 5.78 Å². The summed E-state index contributed by atoms with van der Waals surface area (Å²) in [5.41, 5.74) is 2.03. The zero-order valence-electron chi connectivity index (χ0n) is 13.3. The van der Waals surface area contributed by atoms with E-state index >= 15 is 0 Å². The molecule has 0 saturated heterocycles. The maximum Gasteiger partial charge on any atom is 0.155 e. The first-order valence-electron chi connectivity index (χ1n) is 8.99. The Hall–Kier alpha value is -0.850. The Balaban J connectivity index is 1.62. The average molecular weight is 284 g/mol. The van der Waals surface area contributed by atoms with E-state index in [-0.39, 0.29) is 0 Å². The van der Waals surface area contributed by atoms with Gasteiger partial charge in [-0.25, -0.2) is 0 Å². The van der Waals surface area contributed by atoms with Gasteiger partial charge in [-0.2, -0.15) is 0 Å². The Morgan fingerprint density at radius 1 is 1.14 bits per heavy atom. The summed E-state index contributed by atoms with van der Waals surface area (Å²) in [5, 5.41) is 0. The van der Waals surface area contributed by atoms with Gasteiger partial charge in [0.25, 0.3) is 0 Å². The van der Waals surface area contributed by atoms with Crippen LogP contribution in [0.2, 0.25) is 0 Å². The summed E-state index contributed by atoms with van der Waals surface area (Å²) in [7, 11) is 0. The number of rotatable bonds is 1. The number of hydrogen-bond acceptors (Lipinski definition) is 1. The van der Waals surface area contributed by atoms with E-state index in [0.29, 0.717) is 11.2 Å². The van der Waals surface area contributed by atoms with Crippen LogP contribution in [-0.2, 0) is 4.79 Å². The van der Waals surface area contributed by atoms with Crippen molar-refractivity contribution < 1.29 is 4.79 Å². The Bertz CT molecular complexity index is 502. The SMILES string of the molecule is C=CC1CCC2C3CCC4=CC(=O)CCC4C3CCC12C. The normalized spacial score (nSPS) is 48.9. The Morgan fingerprint density at radius 3 is 2.81 bits per heavy atom. The second-order valence-corrected chi connectivity index (χ2v) is 8.27. The molecular weight excluding hydrogens is 256 g/mol. The van der Waals surface area contributed by atoms with Crippen LogP contribution in [0.15, 0.2) is 24.3 Å². The minimum atomic E-state index is 0.382. The molecule has 0 radical (unpaired) electrons. The molecule has 4 aliphatic rings. The molecule has 114 valence electrons. The fraction of sp³-hybridized carbons (Fsp3) is 0.750. The number of fused-ring (bicyclic) bond motifs is 5. The zero-order chi connectivity index (χ0) is 14.6. The van der Waals surface area contributed by atoms with Crippen LogP contribution >= 0.6 is 0 Å². The molecule has 0 N–H and O–H groups in total. The highest BCUT2D eigenvalue weighted by atomic mass is 16.1. The lowest BCUT2D eigenvalue weighted by molar-refractivity contribution is -0.116. The minimum absolute atomic E-state index is 0.382. The Morgan fingerprint density at radius 2 is 2.00 bits per heavy atom. The summed E-state index contributed by atoms with van der Waals surface area (Å²) >= 11 is 0. The predicted molar refractivity (Wildman–Crippen MR) is 85.8 cm³/mol. The third-order valence-corrected chi connectivity index (χ3v) is 7.66.